The topological polar surface area (TPSA) is 55.2 Å². The largest absolute Gasteiger partial charge is 0.326 e. The summed E-state index contributed by atoms with van der Waals surface area (Å²) in [4.78, 5) is 4.41. The molecular weight excluding hydrogens is 322 g/mol. The maximum atomic E-state index is 12.7. The number of imidazole rings is 1. The van der Waals surface area contributed by atoms with E-state index in [1.807, 2.05) is 60.9 Å². The monoisotopic (exact) mass is 341 g/mol. The Hall–Kier alpha value is -2.18. The molecule has 2 heterocycles. The van der Waals surface area contributed by atoms with Crippen LogP contribution in [0.15, 0.2) is 60.9 Å². The Morgan fingerprint density at radius 2 is 1.79 bits per heavy atom. The molecule has 1 unspecified atom stereocenters. The molecule has 0 amide bonds. The minimum atomic E-state index is -3.29. The number of fused-ring (bicyclic) bond motifs is 1. The van der Waals surface area contributed by atoms with E-state index in [2.05, 4.69) is 9.55 Å². The lowest BCUT2D eigenvalue weighted by molar-refractivity contribution is 0.454. The highest BCUT2D eigenvalue weighted by atomic mass is 32.2. The summed E-state index contributed by atoms with van der Waals surface area (Å²) in [6, 6.07) is 17.4. The van der Waals surface area contributed by atoms with Crippen molar-refractivity contribution < 1.29 is 8.42 Å². The van der Waals surface area contributed by atoms with Crippen LogP contribution < -0.4 is 0 Å². The molecule has 0 saturated carbocycles. The summed E-state index contributed by atoms with van der Waals surface area (Å²) < 4.78 is 29.1. The Labute approximate surface area is 141 Å². The van der Waals surface area contributed by atoms with Gasteiger partial charge in [-0.1, -0.05) is 42.5 Å². The van der Waals surface area contributed by atoms with Crippen molar-refractivity contribution in [2.75, 3.05) is 13.1 Å². The summed E-state index contributed by atoms with van der Waals surface area (Å²) in [5.74, 6) is 0.0608. The molecule has 1 saturated heterocycles. The third-order valence-electron chi connectivity index (χ3n) is 4.59. The van der Waals surface area contributed by atoms with Crippen LogP contribution in [0, 0.1) is 0 Å². The van der Waals surface area contributed by atoms with Gasteiger partial charge in [0.1, 0.15) is 0 Å². The van der Waals surface area contributed by atoms with Crippen molar-refractivity contribution in [2.24, 2.45) is 0 Å². The highest BCUT2D eigenvalue weighted by Gasteiger charge is 2.32. The van der Waals surface area contributed by atoms with Crippen LogP contribution in [0.4, 0.5) is 0 Å². The number of para-hydroxylation sites is 2. The fraction of sp³-hybridized carbons (Fsp3) is 0.278. The number of aromatic nitrogens is 2. The number of nitrogens with zero attached hydrogens (tertiary/aromatic N) is 3. The van der Waals surface area contributed by atoms with Gasteiger partial charge in [-0.25, -0.2) is 13.4 Å². The molecule has 124 valence electrons. The highest BCUT2D eigenvalue weighted by molar-refractivity contribution is 7.88. The van der Waals surface area contributed by atoms with E-state index in [0.717, 1.165) is 23.0 Å². The van der Waals surface area contributed by atoms with Crippen LogP contribution in [0.3, 0.4) is 0 Å². The number of rotatable bonds is 4. The molecule has 3 aromatic rings. The van der Waals surface area contributed by atoms with Crippen molar-refractivity contribution in [1.29, 1.82) is 0 Å². The zero-order valence-electron chi connectivity index (χ0n) is 13.2. The minimum Gasteiger partial charge on any atom is -0.326 e. The lowest BCUT2D eigenvalue weighted by Crippen LogP contribution is -2.30. The van der Waals surface area contributed by atoms with Gasteiger partial charge in [-0.3, -0.25) is 0 Å². The van der Waals surface area contributed by atoms with Crippen molar-refractivity contribution in [3.63, 3.8) is 0 Å². The van der Waals surface area contributed by atoms with E-state index in [4.69, 9.17) is 0 Å². The SMILES string of the molecule is O=S(=O)(Cc1ccccc1)N1CCC(n2cnc3ccccc32)C1. The molecule has 1 aromatic heterocycles. The van der Waals surface area contributed by atoms with Gasteiger partial charge in [-0.05, 0) is 24.1 Å². The summed E-state index contributed by atoms with van der Waals surface area (Å²) in [5.41, 5.74) is 2.84. The average molecular weight is 341 g/mol. The molecule has 24 heavy (non-hydrogen) atoms. The van der Waals surface area contributed by atoms with Crippen LogP contribution in [0.2, 0.25) is 0 Å². The fourth-order valence-corrected chi connectivity index (χ4v) is 4.91. The summed E-state index contributed by atoms with van der Waals surface area (Å²) in [6.45, 7) is 1.07. The Morgan fingerprint density at radius 3 is 2.62 bits per heavy atom. The molecule has 1 aliphatic rings. The second-order valence-corrected chi connectivity index (χ2v) is 8.15. The second kappa shape index (κ2) is 6.03. The van der Waals surface area contributed by atoms with Crippen molar-refractivity contribution in [3.8, 4) is 0 Å². The van der Waals surface area contributed by atoms with Crippen LogP contribution in [0.5, 0.6) is 0 Å². The van der Waals surface area contributed by atoms with Gasteiger partial charge in [-0.2, -0.15) is 4.31 Å². The molecule has 0 aliphatic carbocycles. The van der Waals surface area contributed by atoms with Crippen molar-refractivity contribution in [1.82, 2.24) is 13.9 Å². The summed E-state index contributed by atoms with van der Waals surface area (Å²) >= 11 is 0. The van der Waals surface area contributed by atoms with E-state index in [9.17, 15) is 8.42 Å². The van der Waals surface area contributed by atoms with Crippen LogP contribution in [0.25, 0.3) is 11.0 Å². The maximum Gasteiger partial charge on any atom is 0.218 e. The lowest BCUT2D eigenvalue weighted by Gasteiger charge is -2.17. The van der Waals surface area contributed by atoms with Crippen molar-refractivity contribution in [2.45, 2.75) is 18.2 Å². The highest BCUT2D eigenvalue weighted by Crippen LogP contribution is 2.28. The zero-order valence-corrected chi connectivity index (χ0v) is 14.1. The molecule has 4 rings (SSSR count). The number of hydrogen-bond donors (Lipinski definition) is 0. The molecular formula is C18H19N3O2S. The van der Waals surface area contributed by atoms with Gasteiger partial charge >= 0.3 is 0 Å². The Balaban J connectivity index is 1.54. The van der Waals surface area contributed by atoms with E-state index in [-0.39, 0.29) is 11.8 Å². The third kappa shape index (κ3) is 2.83. The van der Waals surface area contributed by atoms with Gasteiger partial charge in [0.05, 0.1) is 29.2 Å². The Morgan fingerprint density at radius 1 is 1.04 bits per heavy atom. The third-order valence-corrected chi connectivity index (χ3v) is 6.40. The molecule has 2 aromatic carbocycles. The lowest BCUT2D eigenvalue weighted by atomic mass is 10.2. The number of benzene rings is 2. The van der Waals surface area contributed by atoms with Gasteiger partial charge in [0.25, 0.3) is 0 Å². The fourth-order valence-electron chi connectivity index (χ4n) is 3.34. The first kappa shape index (κ1) is 15.4. The maximum absolute atomic E-state index is 12.7. The first-order chi connectivity index (χ1) is 11.6. The molecule has 1 atom stereocenters. The van der Waals surface area contributed by atoms with Gasteiger partial charge in [0.15, 0.2) is 0 Å². The standard InChI is InChI=1S/C18H19N3O2S/c22-24(23,13-15-6-2-1-3-7-15)20-11-10-16(12-20)21-14-19-17-8-4-5-9-18(17)21/h1-9,14,16H,10-13H2. The minimum absolute atomic E-state index is 0.0608. The van der Waals surface area contributed by atoms with E-state index >= 15 is 0 Å². The first-order valence-corrected chi connectivity index (χ1v) is 9.68. The first-order valence-electron chi connectivity index (χ1n) is 8.07. The van der Waals surface area contributed by atoms with Gasteiger partial charge < -0.3 is 4.57 Å². The second-order valence-electron chi connectivity index (χ2n) is 6.18. The molecule has 5 nitrogen and oxygen atoms in total. The molecule has 1 aliphatic heterocycles. The summed E-state index contributed by atoms with van der Waals surface area (Å²) in [7, 11) is -3.29. The predicted octanol–water partition coefficient (Wildman–Crippen LogP) is 2.81. The quantitative estimate of drug-likeness (QED) is 0.733. The molecule has 1 fully saturated rings. The van der Waals surface area contributed by atoms with Crippen molar-refractivity contribution >= 4 is 21.1 Å². The average Bonchev–Trinajstić information content (AvgIpc) is 3.22. The smallest absolute Gasteiger partial charge is 0.218 e. The Bertz CT molecular complexity index is 951. The van der Waals surface area contributed by atoms with Crippen LogP contribution >= 0.6 is 0 Å². The normalized spacial score (nSPS) is 19.1. The number of sulfonamides is 1. The van der Waals surface area contributed by atoms with Crippen molar-refractivity contribution in [3.05, 3.63) is 66.5 Å². The van der Waals surface area contributed by atoms with E-state index in [0.29, 0.717) is 13.1 Å². The van der Waals surface area contributed by atoms with Crippen LogP contribution in [0.1, 0.15) is 18.0 Å². The van der Waals surface area contributed by atoms with Gasteiger partial charge in [0, 0.05) is 13.1 Å². The zero-order chi connectivity index (χ0) is 16.6. The molecule has 0 bridgehead atoms. The number of hydrogen-bond acceptors (Lipinski definition) is 3. The van der Waals surface area contributed by atoms with Crippen LogP contribution in [-0.4, -0.2) is 35.4 Å². The molecule has 0 N–H and O–H groups in total. The van der Waals surface area contributed by atoms with Gasteiger partial charge in [-0.15, -0.1) is 0 Å². The molecule has 0 spiro atoms. The molecule has 0 radical (unpaired) electrons. The van der Waals surface area contributed by atoms with Crippen LogP contribution in [-0.2, 0) is 15.8 Å². The molecule has 6 heteroatoms. The van der Waals surface area contributed by atoms with Gasteiger partial charge in [0.2, 0.25) is 10.0 Å². The Kier molecular flexibility index (Phi) is 3.86. The van der Waals surface area contributed by atoms with E-state index in [1.165, 1.54) is 0 Å². The summed E-state index contributed by atoms with van der Waals surface area (Å²) in [5, 5.41) is 0. The predicted molar refractivity (Wildman–Crippen MR) is 94.0 cm³/mol. The summed E-state index contributed by atoms with van der Waals surface area (Å²) in [6.07, 6.45) is 2.64. The van der Waals surface area contributed by atoms with E-state index in [1.54, 1.807) is 4.31 Å². The van der Waals surface area contributed by atoms with E-state index < -0.39 is 10.0 Å².